The van der Waals surface area contributed by atoms with Crippen molar-refractivity contribution in [3.8, 4) is 0 Å². The van der Waals surface area contributed by atoms with Crippen LogP contribution >= 0.6 is 23.4 Å². The van der Waals surface area contributed by atoms with Crippen molar-refractivity contribution in [2.24, 2.45) is 0 Å². The molecule has 2 atom stereocenters. The zero-order chi connectivity index (χ0) is 19.0. The SMILES string of the molecule is Cc1nnc2n1N[C@@H](c1ccc(Cl)cc1)[C@H](C(=O)N(C)C1CCCCC1)S2. The Kier molecular flexibility index (Phi) is 5.32. The highest BCUT2D eigenvalue weighted by Crippen LogP contribution is 2.38. The van der Waals surface area contributed by atoms with Crippen molar-refractivity contribution in [2.45, 2.75) is 61.5 Å². The molecule has 2 heterocycles. The Bertz CT molecular complexity index is 818. The van der Waals surface area contributed by atoms with E-state index >= 15 is 0 Å². The van der Waals surface area contributed by atoms with E-state index in [4.69, 9.17) is 11.6 Å². The average Bonchev–Trinajstić information content (AvgIpc) is 3.07. The average molecular weight is 406 g/mol. The molecule has 1 aliphatic carbocycles. The van der Waals surface area contributed by atoms with Gasteiger partial charge in [-0.05, 0) is 37.5 Å². The highest BCUT2D eigenvalue weighted by Gasteiger charge is 2.40. The molecule has 27 heavy (non-hydrogen) atoms. The van der Waals surface area contributed by atoms with E-state index in [0.29, 0.717) is 11.1 Å². The second-order valence-electron chi connectivity index (χ2n) is 7.30. The number of benzene rings is 1. The summed E-state index contributed by atoms with van der Waals surface area (Å²) in [5.74, 6) is 0.925. The van der Waals surface area contributed by atoms with Gasteiger partial charge < -0.3 is 10.3 Å². The third-order valence-electron chi connectivity index (χ3n) is 5.54. The molecule has 1 saturated carbocycles. The molecule has 2 aromatic rings. The zero-order valence-corrected chi connectivity index (χ0v) is 17.1. The summed E-state index contributed by atoms with van der Waals surface area (Å²) >= 11 is 7.55. The molecule has 0 radical (unpaired) electrons. The monoisotopic (exact) mass is 405 g/mol. The molecule has 1 N–H and O–H groups in total. The van der Waals surface area contributed by atoms with E-state index in [0.717, 1.165) is 29.4 Å². The zero-order valence-electron chi connectivity index (χ0n) is 15.6. The summed E-state index contributed by atoms with van der Waals surface area (Å²) in [6.07, 6.45) is 5.86. The van der Waals surface area contributed by atoms with E-state index in [-0.39, 0.29) is 17.2 Å². The van der Waals surface area contributed by atoms with Gasteiger partial charge in [0, 0.05) is 18.1 Å². The molecule has 0 spiro atoms. The molecular formula is C19H24ClN5OS. The van der Waals surface area contributed by atoms with Crippen LogP contribution in [0.1, 0.15) is 49.5 Å². The first-order valence-electron chi connectivity index (χ1n) is 9.42. The number of aryl methyl sites for hydroxylation is 1. The smallest absolute Gasteiger partial charge is 0.238 e. The van der Waals surface area contributed by atoms with Gasteiger partial charge in [-0.25, -0.2) is 4.68 Å². The van der Waals surface area contributed by atoms with Gasteiger partial charge in [-0.15, -0.1) is 10.2 Å². The molecule has 6 nitrogen and oxygen atoms in total. The van der Waals surface area contributed by atoms with Crippen molar-refractivity contribution in [1.82, 2.24) is 19.8 Å². The summed E-state index contributed by atoms with van der Waals surface area (Å²) in [5, 5.41) is 9.50. The molecule has 2 aliphatic rings. The Morgan fingerprint density at radius 3 is 2.63 bits per heavy atom. The lowest BCUT2D eigenvalue weighted by Gasteiger charge is -2.38. The number of nitrogens with one attached hydrogen (secondary N) is 1. The van der Waals surface area contributed by atoms with Gasteiger partial charge in [0.25, 0.3) is 0 Å². The van der Waals surface area contributed by atoms with Crippen LogP contribution in [0.4, 0.5) is 0 Å². The third-order valence-corrected chi connectivity index (χ3v) is 7.00. The summed E-state index contributed by atoms with van der Waals surface area (Å²) < 4.78 is 1.87. The lowest BCUT2D eigenvalue weighted by molar-refractivity contribution is -0.132. The maximum atomic E-state index is 13.4. The molecule has 1 aromatic heterocycles. The van der Waals surface area contributed by atoms with E-state index in [1.807, 2.05) is 47.8 Å². The minimum Gasteiger partial charge on any atom is -0.342 e. The molecule has 0 unspecified atom stereocenters. The van der Waals surface area contributed by atoms with Crippen molar-refractivity contribution in [1.29, 1.82) is 0 Å². The lowest BCUT2D eigenvalue weighted by atomic mass is 9.94. The first kappa shape index (κ1) is 18.6. The number of carbonyl (C=O) groups excluding carboxylic acids is 1. The van der Waals surface area contributed by atoms with Gasteiger partial charge in [0.05, 0.1) is 6.04 Å². The molecule has 1 aromatic carbocycles. The number of fused-ring (bicyclic) bond motifs is 1. The number of rotatable bonds is 3. The Balaban J connectivity index is 1.64. The molecule has 8 heteroatoms. The predicted octanol–water partition coefficient (Wildman–Crippen LogP) is 3.79. The van der Waals surface area contributed by atoms with E-state index in [1.54, 1.807) is 0 Å². The van der Waals surface area contributed by atoms with Crippen molar-refractivity contribution in [2.75, 3.05) is 12.5 Å². The van der Waals surface area contributed by atoms with Gasteiger partial charge in [0.1, 0.15) is 11.1 Å². The maximum Gasteiger partial charge on any atom is 0.238 e. The van der Waals surface area contributed by atoms with Crippen LogP contribution in [0.2, 0.25) is 5.02 Å². The van der Waals surface area contributed by atoms with Crippen LogP contribution < -0.4 is 5.43 Å². The summed E-state index contributed by atoms with van der Waals surface area (Å²) in [7, 11) is 1.95. The van der Waals surface area contributed by atoms with Crippen LogP contribution in [-0.4, -0.2) is 44.0 Å². The van der Waals surface area contributed by atoms with E-state index < -0.39 is 0 Å². The van der Waals surface area contributed by atoms with Gasteiger partial charge in [-0.2, -0.15) is 0 Å². The molecule has 1 aliphatic heterocycles. The summed E-state index contributed by atoms with van der Waals surface area (Å²) in [4.78, 5) is 15.4. The predicted molar refractivity (Wildman–Crippen MR) is 108 cm³/mol. The number of nitrogens with zero attached hydrogens (tertiary/aromatic N) is 4. The van der Waals surface area contributed by atoms with Gasteiger partial charge in [0.2, 0.25) is 11.1 Å². The molecule has 1 fully saturated rings. The number of hydrogen-bond donors (Lipinski definition) is 1. The van der Waals surface area contributed by atoms with E-state index in [2.05, 4.69) is 15.6 Å². The summed E-state index contributed by atoms with van der Waals surface area (Å²) in [6, 6.07) is 7.85. The lowest BCUT2D eigenvalue weighted by Crippen LogP contribution is -2.48. The van der Waals surface area contributed by atoms with Crippen LogP contribution in [0.3, 0.4) is 0 Å². The number of amides is 1. The quantitative estimate of drug-likeness (QED) is 0.841. The molecule has 144 valence electrons. The number of thioether (sulfide) groups is 1. The van der Waals surface area contributed by atoms with E-state index in [1.165, 1.54) is 31.0 Å². The molecular weight excluding hydrogens is 382 g/mol. The largest absolute Gasteiger partial charge is 0.342 e. The van der Waals surface area contributed by atoms with Gasteiger partial charge in [0.15, 0.2) is 0 Å². The molecule has 4 rings (SSSR count). The third kappa shape index (κ3) is 3.67. The van der Waals surface area contributed by atoms with Crippen molar-refractivity contribution < 1.29 is 4.79 Å². The summed E-state index contributed by atoms with van der Waals surface area (Å²) in [6.45, 7) is 1.90. The first-order chi connectivity index (χ1) is 13.0. The number of carbonyl (C=O) groups is 1. The molecule has 1 amide bonds. The molecule has 0 saturated heterocycles. The highest BCUT2D eigenvalue weighted by molar-refractivity contribution is 8.00. The Hall–Kier alpha value is -1.73. The number of halogens is 1. The second-order valence-corrected chi connectivity index (χ2v) is 8.85. The van der Waals surface area contributed by atoms with Crippen LogP contribution in [-0.2, 0) is 4.79 Å². The highest BCUT2D eigenvalue weighted by atomic mass is 35.5. The normalized spacial score (nSPS) is 22.8. The second kappa shape index (κ2) is 7.72. The van der Waals surface area contributed by atoms with Crippen LogP contribution in [0.5, 0.6) is 0 Å². The van der Waals surface area contributed by atoms with Gasteiger partial charge in [-0.1, -0.05) is 54.8 Å². The Morgan fingerprint density at radius 2 is 1.93 bits per heavy atom. The van der Waals surface area contributed by atoms with Gasteiger partial charge >= 0.3 is 0 Å². The topological polar surface area (TPSA) is 63.1 Å². The van der Waals surface area contributed by atoms with Crippen molar-refractivity contribution in [3.05, 3.63) is 40.7 Å². The van der Waals surface area contributed by atoms with Crippen LogP contribution in [0.25, 0.3) is 0 Å². The van der Waals surface area contributed by atoms with Crippen molar-refractivity contribution in [3.63, 3.8) is 0 Å². The summed E-state index contributed by atoms with van der Waals surface area (Å²) in [5.41, 5.74) is 4.48. The maximum absolute atomic E-state index is 13.4. The standard InChI is InChI=1S/C19H24ClN5OS/c1-12-21-22-19-25(12)23-16(13-8-10-14(20)11-9-13)17(27-19)18(26)24(2)15-6-4-3-5-7-15/h8-11,15-17,23H,3-7H2,1-2H3/t16-,17+/m0/s1. The fourth-order valence-corrected chi connectivity index (χ4v) is 5.27. The minimum atomic E-state index is -0.297. The Labute approximate surface area is 168 Å². The fraction of sp³-hybridized carbons (Fsp3) is 0.526. The van der Waals surface area contributed by atoms with Crippen LogP contribution in [0.15, 0.2) is 29.4 Å². The minimum absolute atomic E-state index is 0.145. The molecule has 0 bridgehead atoms. The Morgan fingerprint density at radius 1 is 1.22 bits per heavy atom. The number of hydrogen-bond acceptors (Lipinski definition) is 5. The number of aromatic nitrogens is 3. The van der Waals surface area contributed by atoms with Gasteiger partial charge in [-0.3, -0.25) is 4.79 Å². The first-order valence-corrected chi connectivity index (χ1v) is 10.7. The van der Waals surface area contributed by atoms with Crippen molar-refractivity contribution >= 4 is 29.3 Å². The van der Waals surface area contributed by atoms with E-state index in [9.17, 15) is 4.79 Å². The fourth-order valence-electron chi connectivity index (χ4n) is 3.92. The van der Waals surface area contributed by atoms with Crippen LogP contribution in [0, 0.1) is 6.92 Å².